The quantitative estimate of drug-likeness (QED) is 0.240. The molecule has 3 aliphatic carbocycles. The van der Waals surface area contributed by atoms with Gasteiger partial charge in [-0.05, 0) is 80.8 Å². The number of piperidine rings is 1. The summed E-state index contributed by atoms with van der Waals surface area (Å²) in [6.07, 6.45) is 4.41. The van der Waals surface area contributed by atoms with Crippen molar-refractivity contribution in [2.75, 3.05) is 19.6 Å². The Morgan fingerprint density at radius 1 is 1.24 bits per heavy atom. The van der Waals surface area contributed by atoms with Gasteiger partial charge in [-0.1, -0.05) is 18.2 Å². The molecule has 3 heterocycles. The van der Waals surface area contributed by atoms with Gasteiger partial charge in [0.1, 0.15) is 6.04 Å². The second-order valence-electron chi connectivity index (χ2n) is 13.0. The van der Waals surface area contributed by atoms with Crippen LogP contribution in [0.4, 0.5) is 0 Å². The maximum absolute atomic E-state index is 13.5. The number of likely N-dealkylation sites (tertiary alicyclic amines) is 1. The fourth-order valence-electron chi connectivity index (χ4n) is 8.65. The number of nitrogens with zero attached hydrogens (tertiary/aromatic N) is 1. The lowest BCUT2D eigenvalue weighted by Gasteiger charge is -2.62. The predicted octanol–water partition coefficient (Wildman–Crippen LogP) is 2.49. The number of carbonyl (C=O) groups is 2. The second-order valence-corrected chi connectivity index (χ2v) is 13.0. The number of phenolic OH excluding ortho intramolecular Hbond substituents is 1. The van der Waals surface area contributed by atoms with Crippen LogP contribution in [0.15, 0.2) is 30.3 Å². The van der Waals surface area contributed by atoms with Crippen LogP contribution >= 0.6 is 0 Å². The van der Waals surface area contributed by atoms with Crippen molar-refractivity contribution in [3.63, 3.8) is 0 Å². The Balaban J connectivity index is 1.26. The molecular formula is C32H36N4O6. The highest BCUT2D eigenvalue weighted by molar-refractivity contribution is 6.08. The van der Waals surface area contributed by atoms with Crippen LogP contribution in [-0.4, -0.2) is 74.4 Å². The van der Waals surface area contributed by atoms with Gasteiger partial charge in [0.2, 0.25) is 0 Å². The molecule has 42 heavy (non-hydrogen) atoms. The number of H-pyrrole nitrogens is 1. The van der Waals surface area contributed by atoms with Crippen molar-refractivity contribution < 1.29 is 29.6 Å². The Labute approximate surface area is 242 Å². The average molecular weight is 573 g/mol. The Kier molecular flexibility index (Phi) is 5.55. The fraction of sp³-hybridized carbons (Fsp3) is 0.500. The zero-order valence-corrected chi connectivity index (χ0v) is 23.4. The Hall–Kier alpha value is -3.60. The van der Waals surface area contributed by atoms with Crippen LogP contribution in [0.1, 0.15) is 71.0 Å². The van der Waals surface area contributed by atoms with E-state index in [9.17, 15) is 24.9 Å². The SMILES string of the molecule is NCCCC(NC(=O)c1cccc2c3c([nH]c12)[C@H]1Oc2c(O)ccc4c2[C@@]12CCN(CC1CC1)[C@@H](C4)[C@]2(O)C3)C(=O)O. The molecule has 5 atom stereocenters. The van der Waals surface area contributed by atoms with Crippen molar-refractivity contribution >= 4 is 22.8 Å². The Morgan fingerprint density at radius 2 is 2.07 bits per heavy atom. The number of para-hydroxylation sites is 1. The molecule has 220 valence electrons. The van der Waals surface area contributed by atoms with E-state index >= 15 is 0 Å². The van der Waals surface area contributed by atoms with Crippen LogP contribution in [0.5, 0.6) is 11.5 Å². The van der Waals surface area contributed by atoms with Gasteiger partial charge in [-0.15, -0.1) is 0 Å². The van der Waals surface area contributed by atoms with Crippen molar-refractivity contribution in [3.05, 3.63) is 58.3 Å². The maximum atomic E-state index is 13.5. The summed E-state index contributed by atoms with van der Waals surface area (Å²) in [5.74, 6) is -0.367. The van der Waals surface area contributed by atoms with Gasteiger partial charge in [0.05, 0.1) is 27.8 Å². The topological polar surface area (TPSA) is 161 Å². The highest BCUT2D eigenvalue weighted by atomic mass is 16.5. The minimum atomic E-state index is -1.13. The van der Waals surface area contributed by atoms with Crippen LogP contribution in [0.2, 0.25) is 0 Å². The molecule has 1 unspecified atom stereocenters. The van der Waals surface area contributed by atoms with E-state index in [4.69, 9.17) is 10.5 Å². The lowest BCUT2D eigenvalue weighted by molar-refractivity contribution is -0.173. The largest absolute Gasteiger partial charge is 0.504 e. The zero-order valence-electron chi connectivity index (χ0n) is 23.4. The van der Waals surface area contributed by atoms with Crippen molar-refractivity contribution in [3.8, 4) is 11.5 Å². The number of aromatic nitrogens is 1. The molecule has 7 N–H and O–H groups in total. The number of hydrogen-bond donors (Lipinski definition) is 6. The number of fused-ring (bicyclic) bond motifs is 4. The number of aromatic amines is 1. The van der Waals surface area contributed by atoms with E-state index in [0.717, 1.165) is 40.9 Å². The lowest BCUT2D eigenvalue weighted by Crippen LogP contribution is -2.74. The molecule has 8 rings (SSSR count). The number of hydrogen-bond acceptors (Lipinski definition) is 7. The number of amides is 1. The molecular weight excluding hydrogens is 536 g/mol. The number of phenols is 1. The molecule has 1 aromatic heterocycles. The lowest BCUT2D eigenvalue weighted by atomic mass is 9.49. The summed E-state index contributed by atoms with van der Waals surface area (Å²) in [5, 5.41) is 37.1. The molecule has 1 saturated carbocycles. The van der Waals surface area contributed by atoms with Crippen molar-refractivity contribution in [1.29, 1.82) is 0 Å². The third-order valence-corrected chi connectivity index (χ3v) is 10.7. The summed E-state index contributed by atoms with van der Waals surface area (Å²) >= 11 is 0. The Morgan fingerprint density at radius 3 is 2.83 bits per heavy atom. The molecule has 2 fully saturated rings. The molecule has 2 aliphatic heterocycles. The van der Waals surface area contributed by atoms with E-state index in [2.05, 4.69) is 15.2 Å². The van der Waals surface area contributed by atoms with E-state index in [1.54, 1.807) is 18.2 Å². The molecule has 1 saturated heterocycles. The molecule has 1 amide bonds. The number of rotatable bonds is 8. The second kappa shape index (κ2) is 8.95. The van der Waals surface area contributed by atoms with Crippen LogP contribution in [-0.2, 0) is 23.1 Å². The van der Waals surface area contributed by atoms with E-state index in [1.165, 1.54) is 12.8 Å². The Bertz CT molecular complexity index is 1650. The summed E-state index contributed by atoms with van der Waals surface area (Å²) < 4.78 is 6.65. The summed E-state index contributed by atoms with van der Waals surface area (Å²) in [5.41, 5.74) is 8.43. The highest BCUT2D eigenvalue weighted by Crippen LogP contribution is 2.69. The molecule has 2 bridgehead atoms. The number of aliphatic hydroxyl groups is 1. The van der Waals surface area contributed by atoms with Crippen LogP contribution in [0.3, 0.4) is 0 Å². The van der Waals surface area contributed by atoms with Gasteiger partial charge in [-0.25, -0.2) is 4.79 Å². The number of carboxylic acid groups (broad SMARTS) is 1. The first-order valence-electron chi connectivity index (χ1n) is 15.1. The van der Waals surface area contributed by atoms with Crippen molar-refractivity contribution in [1.82, 2.24) is 15.2 Å². The van der Waals surface area contributed by atoms with Crippen molar-refractivity contribution in [2.24, 2.45) is 11.7 Å². The van der Waals surface area contributed by atoms with E-state index < -0.39 is 35.0 Å². The maximum Gasteiger partial charge on any atom is 0.326 e. The summed E-state index contributed by atoms with van der Waals surface area (Å²) in [6.45, 7) is 2.17. The van der Waals surface area contributed by atoms with Gasteiger partial charge in [0, 0.05) is 30.0 Å². The number of aliphatic carboxylic acids is 1. The molecule has 10 heteroatoms. The highest BCUT2D eigenvalue weighted by Gasteiger charge is 2.72. The number of nitrogens with two attached hydrogens (primary N) is 1. The van der Waals surface area contributed by atoms with Gasteiger partial charge in [-0.3, -0.25) is 9.69 Å². The first-order chi connectivity index (χ1) is 20.3. The van der Waals surface area contributed by atoms with Gasteiger partial charge in [-0.2, -0.15) is 0 Å². The minimum absolute atomic E-state index is 0.0775. The molecule has 10 nitrogen and oxygen atoms in total. The molecule has 1 spiro atoms. The van der Waals surface area contributed by atoms with Gasteiger partial charge >= 0.3 is 5.97 Å². The summed E-state index contributed by atoms with van der Waals surface area (Å²) in [4.78, 5) is 31.3. The third-order valence-electron chi connectivity index (χ3n) is 10.7. The fourth-order valence-corrected chi connectivity index (χ4v) is 8.65. The number of ether oxygens (including phenoxy) is 1. The molecule has 5 aliphatic rings. The van der Waals surface area contributed by atoms with Crippen LogP contribution in [0, 0.1) is 5.92 Å². The monoisotopic (exact) mass is 572 g/mol. The number of nitrogens with one attached hydrogen (secondary N) is 2. The number of carbonyl (C=O) groups excluding carboxylic acids is 1. The van der Waals surface area contributed by atoms with Crippen molar-refractivity contribution in [2.45, 2.75) is 74.1 Å². The third kappa shape index (κ3) is 3.37. The number of aromatic hydroxyl groups is 1. The zero-order chi connectivity index (χ0) is 29.0. The smallest absolute Gasteiger partial charge is 0.326 e. The first-order valence-corrected chi connectivity index (χ1v) is 15.1. The standard InChI is InChI=1S/C32H36N4O6/c33-11-2-5-21(30(39)40)34-29(38)19-4-1-3-18-20-14-32(41)23-13-17-8-9-22(37)27-24(17)31(32,10-12-36(23)15-16-6-7-16)28(42-27)26(20)35-25(18)19/h1,3-4,8-9,16,21,23,28,35,37,41H,2,5-7,10-15,33H2,(H,34,38)(H,39,40)/t21?,23-,28+,31-,32+/m0/s1. The van der Waals surface area contributed by atoms with E-state index in [-0.39, 0.29) is 18.2 Å². The first kappa shape index (κ1) is 26.1. The summed E-state index contributed by atoms with van der Waals surface area (Å²) in [6, 6.07) is 7.97. The van der Waals surface area contributed by atoms with E-state index in [1.807, 2.05) is 12.1 Å². The normalized spacial score (nSPS) is 29.5. The van der Waals surface area contributed by atoms with Gasteiger partial charge in [0.25, 0.3) is 5.91 Å². The molecule has 2 aromatic carbocycles. The average Bonchev–Trinajstić information content (AvgIpc) is 3.60. The summed E-state index contributed by atoms with van der Waals surface area (Å²) in [7, 11) is 0. The van der Waals surface area contributed by atoms with E-state index in [0.29, 0.717) is 55.0 Å². The number of carboxylic acids is 1. The number of benzene rings is 2. The predicted molar refractivity (Wildman–Crippen MR) is 154 cm³/mol. The molecule has 0 radical (unpaired) electrons. The molecule has 3 aromatic rings. The van der Waals surface area contributed by atoms with Crippen LogP contribution in [0.25, 0.3) is 10.9 Å². The van der Waals surface area contributed by atoms with Gasteiger partial charge < -0.3 is 36.1 Å². The van der Waals surface area contributed by atoms with Gasteiger partial charge in [0.15, 0.2) is 17.6 Å². The van der Waals surface area contributed by atoms with Crippen LogP contribution < -0.4 is 15.8 Å². The minimum Gasteiger partial charge on any atom is -0.504 e.